The number of aromatic nitrogens is 1. The van der Waals surface area contributed by atoms with Crippen LogP contribution in [0.4, 0.5) is 0 Å². The highest BCUT2D eigenvalue weighted by molar-refractivity contribution is 7.89. The number of sulfonamides is 1. The molecule has 0 bridgehead atoms. The summed E-state index contributed by atoms with van der Waals surface area (Å²) in [6.07, 6.45) is 1.71. The second-order valence-corrected chi connectivity index (χ2v) is 10.0. The molecule has 1 atom stereocenters. The predicted molar refractivity (Wildman–Crippen MR) is 120 cm³/mol. The van der Waals surface area contributed by atoms with E-state index in [-0.39, 0.29) is 22.3 Å². The monoisotopic (exact) mass is 462 g/mol. The third-order valence-corrected chi connectivity index (χ3v) is 7.67. The normalized spacial score (nSPS) is 15.6. The Balaban J connectivity index is 1.65. The van der Waals surface area contributed by atoms with Crippen LogP contribution < -0.4 is 0 Å². The molecule has 2 heterocycles. The summed E-state index contributed by atoms with van der Waals surface area (Å²) >= 11 is 0. The van der Waals surface area contributed by atoms with Crippen molar-refractivity contribution >= 4 is 21.8 Å². The summed E-state index contributed by atoms with van der Waals surface area (Å²) in [6.45, 7) is 6.93. The van der Waals surface area contributed by atoms with E-state index in [1.54, 1.807) is 13.2 Å². The highest BCUT2D eigenvalue weighted by atomic mass is 32.2. The van der Waals surface area contributed by atoms with Crippen LogP contribution >= 0.6 is 0 Å². The molecule has 0 spiro atoms. The van der Waals surface area contributed by atoms with E-state index in [1.807, 2.05) is 25.3 Å². The molecule has 8 nitrogen and oxygen atoms in total. The Morgan fingerprint density at radius 2 is 1.72 bits per heavy atom. The minimum absolute atomic E-state index is 0.0689. The summed E-state index contributed by atoms with van der Waals surface area (Å²) < 4.78 is 39.1. The fraction of sp³-hybridized carbons (Fsp3) is 0.478. The van der Waals surface area contributed by atoms with Crippen molar-refractivity contribution < 1.29 is 27.5 Å². The highest BCUT2D eigenvalue weighted by Gasteiger charge is 2.27. The van der Waals surface area contributed by atoms with Gasteiger partial charge in [0.25, 0.3) is 0 Å². The van der Waals surface area contributed by atoms with Gasteiger partial charge < -0.3 is 14.0 Å². The van der Waals surface area contributed by atoms with Gasteiger partial charge in [0.1, 0.15) is 0 Å². The van der Waals surface area contributed by atoms with Crippen molar-refractivity contribution in [3.63, 3.8) is 0 Å². The Morgan fingerprint density at radius 3 is 2.31 bits per heavy atom. The molecule has 0 N–H and O–H groups in total. The van der Waals surface area contributed by atoms with Crippen LogP contribution in [-0.4, -0.2) is 62.5 Å². The van der Waals surface area contributed by atoms with E-state index < -0.39 is 22.6 Å². The number of nitrogens with zero attached hydrogens (tertiary/aromatic N) is 2. The van der Waals surface area contributed by atoms with E-state index in [9.17, 15) is 18.0 Å². The summed E-state index contributed by atoms with van der Waals surface area (Å²) in [5.74, 6) is -0.972. The lowest BCUT2D eigenvalue weighted by molar-refractivity contribution is 0.0474. The average Bonchev–Trinajstić information content (AvgIpc) is 3.41. The molecule has 1 saturated heterocycles. The number of ether oxygens (including phenoxy) is 2. The average molecular weight is 463 g/mol. The number of hydrogen-bond acceptors (Lipinski definition) is 6. The zero-order valence-electron chi connectivity index (χ0n) is 19.0. The molecule has 32 heavy (non-hydrogen) atoms. The van der Waals surface area contributed by atoms with Crippen LogP contribution in [0.1, 0.15) is 57.9 Å². The van der Waals surface area contributed by atoms with Crippen molar-refractivity contribution in [3.8, 4) is 0 Å². The summed E-state index contributed by atoms with van der Waals surface area (Å²) in [4.78, 5) is 25.2. The maximum absolute atomic E-state index is 12.7. The molecule has 1 aromatic carbocycles. The second kappa shape index (κ2) is 9.97. The van der Waals surface area contributed by atoms with E-state index in [2.05, 4.69) is 0 Å². The summed E-state index contributed by atoms with van der Waals surface area (Å²) in [5, 5.41) is 0. The van der Waals surface area contributed by atoms with Crippen LogP contribution in [0.2, 0.25) is 0 Å². The van der Waals surface area contributed by atoms with Gasteiger partial charge in [-0.1, -0.05) is 0 Å². The number of aryl methyl sites for hydroxylation is 1. The number of hydrogen-bond donors (Lipinski definition) is 0. The molecular formula is C23H30N2O6S. The Kier molecular flexibility index (Phi) is 7.53. The molecule has 0 amide bonds. The number of Topliss-reactive ketones (excluding diaryl/α,β-unsaturated/α-hetero) is 1. The lowest BCUT2D eigenvalue weighted by Crippen LogP contribution is -2.27. The molecule has 1 aliphatic rings. The fourth-order valence-corrected chi connectivity index (χ4v) is 5.70. The molecule has 0 radical (unpaired) electrons. The Morgan fingerprint density at radius 1 is 1.09 bits per heavy atom. The van der Waals surface area contributed by atoms with Crippen molar-refractivity contribution in [1.82, 2.24) is 8.87 Å². The van der Waals surface area contributed by atoms with E-state index in [4.69, 9.17) is 9.47 Å². The van der Waals surface area contributed by atoms with Crippen LogP contribution in [0.5, 0.6) is 0 Å². The number of esters is 1. The van der Waals surface area contributed by atoms with Crippen molar-refractivity contribution in [2.45, 2.75) is 44.6 Å². The molecule has 0 saturated carbocycles. The number of ketones is 1. The highest BCUT2D eigenvalue weighted by Crippen LogP contribution is 2.23. The molecule has 2 aromatic rings. The van der Waals surface area contributed by atoms with Gasteiger partial charge >= 0.3 is 5.97 Å². The Bertz CT molecular complexity index is 1080. The van der Waals surface area contributed by atoms with E-state index in [0.29, 0.717) is 25.3 Å². The lowest BCUT2D eigenvalue weighted by Gasteiger charge is -2.17. The Hall–Kier alpha value is -2.49. The van der Waals surface area contributed by atoms with E-state index in [1.165, 1.54) is 28.6 Å². The van der Waals surface area contributed by atoms with E-state index >= 15 is 0 Å². The predicted octanol–water partition coefficient (Wildman–Crippen LogP) is 3.14. The van der Waals surface area contributed by atoms with Crippen LogP contribution in [0.3, 0.4) is 0 Å². The van der Waals surface area contributed by atoms with E-state index in [0.717, 1.165) is 24.2 Å². The first kappa shape index (κ1) is 24.2. The molecule has 0 unspecified atom stereocenters. The number of methoxy groups -OCH3 is 1. The smallest absolute Gasteiger partial charge is 0.338 e. The number of carbonyl (C=O) groups excluding carboxylic acids is 2. The topological polar surface area (TPSA) is 94.9 Å². The van der Waals surface area contributed by atoms with Gasteiger partial charge in [0.15, 0.2) is 6.61 Å². The van der Waals surface area contributed by atoms with Crippen LogP contribution in [0.25, 0.3) is 0 Å². The van der Waals surface area contributed by atoms with Gasteiger partial charge in [-0.3, -0.25) is 4.79 Å². The zero-order chi connectivity index (χ0) is 23.5. The van der Waals surface area contributed by atoms with Crippen molar-refractivity contribution in [1.29, 1.82) is 0 Å². The maximum Gasteiger partial charge on any atom is 0.338 e. The molecule has 1 aromatic heterocycles. The largest absolute Gasteiger partial charge is 0.454 e. The van der Waals surface area contributed by atoms with Gasteiger partial charge in [0, 0.05) is 37.2 Å². The Labute approximate surface area is 189 Å². The molecular weight excluding hydrogens is 432 g/mol. The second-order valence-electron chi connectivity index (χ2n) is 8.09. The van der Waals surface area contributed by atoms with Crippen LogP contribution in [0.15, 0.2) is 35.2 Å². The standard InChI is InChI=1S/C23H30N2O6S/c1-16-13-21(18(3)25(16)17(2)14-30-4)22(26)15-31-23(27)19-7-9-20(10-8-19)32(28,29)24-11-5-6-12-24/h7-10,13,17H,5-6,11-12,14-15H2,1-4H3/t17-/m0/s1. The van der Waals surface area contributed by atoms with Gasteiger partial charge in [-0.25, -0.2) is 13.2 Å². The first-order chi connectivity index (χ1) is 15.2. The van der Waals surface area contributed by atoms with Gasteiger partial charge in [-0.05, 0) is 63.9 Å². The lowest BCUT2D eigenvalue weighted by atomic mass is 10.1. The van der Waals surface area contributed by atoms with Crippen molar-refractivity contribution in [2.75, 3.05) is 33.4 Å². The molecule has 1 fully saturated rings. The number of benzene rings is 1. The minimum atomic E-state index is -3.54. The molecule has 9 heteroatoms. The van der Waals surface area contributed by atoms with Crippen molar-refractivity contribution in [3.05, 3.63) is 52.8 Å². The van der Waals surface area contributed by atoms with Gasteiger partial charge in [0.2, 0.25) is 15.8 Å². The summed E-state index contributed by atoms with van der Waals surface area (Å²) in [6, 6.07) is 7.48. The molecule has 174 valence electrons. The fourth-order valence-electron chi connectivity index (χ4n) is 4.19. The SMILES string of the molecule is COC[C@H](C)n1c(C)cc(C(=O)COC(=O)c2ccc(S(=O)(=O)N3CCCC3)cc2)c1C. The minimum Gasteiger partial charge on any atom is -0.454 e. The first-order valence-electron chi connectivity index (χ1n) is 10.6. The zero-order valence-corrected chi connectivity index (χ0v) is 19.8. The van der Waals surface area contributed by atoms with Gasteiger partial charge in [-0.15, -0.1) is 0 Å². The number of rotatable bonds is 9. The summed E-state index contributed by atoms with van der Waals surface area (Å²) in [7, 11) is -1.92. The quantitative estimate of drug-likeness (QED) is 0.420. The van der Waals surface area contributed by atoms with Crippen LogP contribution in [-0.2, 0) is 19.5 Å². The third-order valence-electron chi connectivity index (χ3n) is 5.76. The maximum atomic E-state index is 12.7. The van der Waals surface area contributed by atoms with Gasteiger partial charge in [-0.2, -0.15) is 4.31 Å². The molecule has 3 rings (SSSR count). The summed E-state index contributed by atoms with van der Waals surface area (Å²) in [5.41, 5.74) is 2.42. The van der Waals surface area contributed by atoms with Crippen molar-refractivity contribution in [2.24, 2.45) is 0 Å². The van der Waals surface area contributed by atoms with Gasteiger partial charge in [0.05, 0.1) is 23.1 Å². The third kappa shape index (κ3) is 4.95. The molecule has 0 aliphatic carbocycles. The first-order valence-corrected chi connectivity index (χ1v) is 12.1. The molecule has 1 aliphatic heterocycles. The number of carbonyl (C=O) groups is 2. The van der Waals surface area contributed by atoms with Crippen LogP contribution in [0, 0.1) is 13.8 Å².